The van der Waals surface area contributed by atoms with E-state index in [-0.39, 0.29) is 37.0 Å². The van der Waals surface area contributed by atoms with Crippen molar-refractivity contribution >= 4 is 161 Å². The first-order chi connectivity index (χ1) is 62.9. The first-order valence-corrected chi connectivity index (χ1v) is 53.7. The quantitative estimate of drug-likeness (QED) is 0.0150. The van der Waals surface area contributed by atoms with Gasteiger partial charge in [0, 0.05) is 121 Å². The molecule has 0 saturated heterocycles. The molecule has 0 radical (unpaired) electrons. The number of aldehydes is 1. The normalized spacial score (nSPS) is 12.7. The Balaban J connectivity index is 0.000000193. The van der Waals surface area contributed by atoms with Crippen LogP contribution in [0.25, 0.3) is 33.1 Å². The summed E-state index contributed by atoms with van der Waals surface area (Å²) in [6, 6.07) is 36.9. The number of aromatic amines is 1. The molecular formula is C90H93Br2ClF12N14O10S4Si2. The van der Waals surface area contributed by atoms with Gasteiger partial charge in [0.1, 0.15) is 46.3 Å². The fraction of sp³-hybridized carbons (Fsp3) is 0.267. The fourth-order valence-electron chi connectivity index (χ4n) is 16.2. The molecule has 10 aromatic heterocycles. The zero-order chi connectivity index (χ0) is 100. The van der Waals surface area contributed by atoms with Crippen molar-refractivity contribution in [3.8, 4) is 0 Å². The van der Waals surface area contributed by atoms with E-state index in [1.807, 2.05) is 61.1 Å². The van der Waals surface area contributed by atoms with Crippen LogP contribution in [-0.4, -0.2) is 110 Å². The van der Waals surface area contributed by atoms with E-state index in [0.29, 0.717) is 97.5 Å². The summed E-state index contributed by atoms with van der Waals surface area (Å²) in [5.41, 5.74) is 10.9. The molecule has 4 aromatic carbocycles. The van der Waals surface area contributed by atoms with Crippen molar-refractivity contribution in [2.75, 3.05) is 19.9 Å². The number of alkyl halides is 12. The molecule has 0 bridgehead atoms. The molecule has 0 aliphatic heterocycles. The molecule has 24 nitrogen and oxygen atoms in total. The Labute approximate surface area is 795 Å². The number of anilines is 4. The number of carbonyl (C=O) groups excluding carboxylic acids is 1. The summed E-state index contributed by atoms with van der Waals surface area (Å²) in [5.74, 6) is 0.654. The lowest BCUT2D eigenvalue weighted by atomic mass is 10.0. The number of nitrogens with two attached hydrogens (primary N) is 1. The van der Waals surface area contributed by atoms with Crippen LogP contribution in [0.2, 0.25) is 33.2 Å². The molecule has 7 N–H and O–H groups in total. The Bertz CT molecular complexity index is 6800. The van der Waals surface area contributed by atoms with E-state index < -0.39 is 109 Å². The number of aliphatic hydroxyl groups excluding tert-OH is 1. The molecule has 0 aliphatic carbocycles. The molecule has 10 heterocycles. The molecule has 1 atom stereocenters. The Kier molecular flexibility index (Phi) is 35.1. The van der Waals surface area contributed by atoms with Gasteiger partial charge in [0.2, 0.25) is 0 Å². The van der Waals surface area contributed by atoms with Gasteiger partial charge in [-0.1, -0.05) is 95.2 Å². The zero-order valence-corrected chi connectivity index (χ0v) is 83.1. The second-order valence-electron chi connectivity index (χ2n) is 32.4. The van der Waals surface area contributed by atoms with Crippen molar-refractivity contribution in [2.24, 2.45) is 0 Å². The number of nitrogen functional groups attached to an aromatic ring is 1. The minimum Gasteiger partial charge on any atom is -0.384 e. The maximum absolute atomic E-state index is 12.8. The number of hydrogen-bond acceptors (Lipinski definition) is 18. The predicted octanol–water partition coefficient (Wildman–Crippen LogP) is 24.3. The van der Waals surface area contributed by atoms with Crippen LogP contribution in [0.15, 0.2) is 272 Å². The van der Waals surface area contributed by atoms with Crippen molar-refractivity contribution in [1.82, 2.24) is 48.3 Å². The van der Waals surface area contributed by atoms with Crippen LogP contribution >= 0.6 is 42.5 Å². The number of aliphatic hydroxyl groups is 1. The molecule has 14 rings (SSSR count). The maximum Gasteiger partial charge on any atom is 0.416 e. The number of nitrogens with zero attached hydrogens (tertiary/aromatic N) is 9. The van der Waals surface area contributed by atoms with Gasteiger partial charge >= 0.3 is 24.7 Å². The van der Waals surface area contributed by atoms with E-state index >= 15 is 0 Å². The molecule has 0 fully saturated rings. The van der Waals surface area contributed by atoms with Crippen LogP contribution < -0.4 is 19.9 Å². The topological polar surface area (TPSA) is 352 Å². The average molecular weight is 2140 g/mol. The van der Waals surface area contributed by atoms with Crippen LogP contribution in [0.3, 0.4) is 0 Å². The standard InChI is InChI=1S/C29H35F3N4O3SSi.C20H15F3N4O2S.C17H26N2OSi.C12H8BrF3N2O2S.C7H4ClF3O2S.C5H5BrN2/c1-18(2)41(19(3)4,20(5)6)36-17-25(24-8-7-15-33-28(24)36)27(37)21-9-14-26(34-16-21)35-40(38,39)23-12-10-22(11-13-23)29(30,31)32;21-20(22,23)15-4-6-16(7-5-15)30(28,29)27-18-8-3-13(11-25-18)10-14-12-26-19-17(14)2-1-9-24-19;1-12(2)21(13(3)4,14(5)6)19-10-15(11-20)16-8-7-9-18-17(16)19;13-9-3-6-11(17-7-9)18-21(19,20)10-4-1-8(2-5-10)12(14,15)16;8-14(12,13)6-3-1-5(2-4-6)7(9,10)11;6-4-1-2-5(7)8-3-4/h7-20,27,37H,1-6H3,(H,34,35);1-9,11-12H,10H2,(H,24,26)(H,25,27);7-14H,1-6H3;1-7H,(H,17,18);1-4H;1-3H,(H2,7,8). The van der Waals surface area contributed by atoms with Gasteiger partial charge in [0.15, 0.2) is 22.8 Å². The smallest absolute Gasteiger partial charge is 0.384 e. The summed E-state index contributed by atoms with van der Waals surface area (Å²) in [5, 5.41) is 14.3. The largest absolute Gasteiger partial charge is 0.416 e. The van der Waals surface area contributed by atoms with Crippen LogP contribution in [-0.2, 0) is 70.2 Å². The maximum atomic E-state index is 12.8. The number of H-pyrrole nitrogens is 1. The minimum atomic E-state index is -4.57. The van der Waals surface area contributed by atoms with Gasteiger partial charge in [-0.15, -0.1) is 0 Å². The van der Waals surface area contributed by atoms with Crippen molar-refractivity contribution in [3.63, 3.8) is 0 Å². The summed E-state index contributed by atoms with van der Waals surface area (Å²) in [4.78, 5) is 42.8. The first kappa shape index (κ1) is 108. The Morgan fingerprint density at radius 2 is 0.778 bits per heavy atom. The highest BCUT2D eigenvalue weighted by atomic mass is 79.9. The highest BCUT2D eigenvalue weighted by Crippen LogP contribution is 2.48. The number of sulfonamides is 3. The SMILES string of the molecule is CC(C)[Si](C(C)C)(C(C)C)n1cc(C(O)c2ccc(NS(=O)(=O)c3ccc(C(F)(F)F)cc3)nc2)c2cccnc21.CC(C)[Si](C(C)C)(C(C)C)n1cc(C=O)c2cccnc21.Nc1ccc(Br)cn1.O=S(=O)(Cl)c1ccc(C(F)(F)F)cc1.O=S(=O)(Nc1ccc(Br)cn1)c1ccc(C(F)(F)F)cc1.O=S(=O)(Nc1ccc(Cc2c[nH]c3ncccc23)cn1)c1ccc(C(F)(F)F)cc1. The number of rotatable bonds is 23. The van der Waals surface area contributed by atoms with Gasteiger partial charge in [0.25, 0.3) is 39.1 Å². The number of benzene rings is 4. The number of carbonyl (C=O) groups is 1. The third-order valence-corrected chi connectivity index (χ3v) is 41.9. The van der Waals surface area contributed by atoms with Crippen molar-refractivity contribution in [3.05, 3.63) is 303 Å². The second kappa shape index (κ2) is 44.0. The summed E-state index contributed by atoms with van der Waals surface area (Å²) < 4.78 is 259. The molecule has 720 valence electrons. The minimum absolute atomic E-state index is 0.0317. The van der Waals surface area contributed by atoms with Crippen molar-refractivity contribution < 1.29 is 96.3 Å². The summed E-state index contributed by atoms with van der Waals surface area (Å²) >= 11 is 6.38. The zero-order valence-electron chi connectivity index (χ0n) is 73.9. The number of halogens is 15. The molecule has 135 heavy (non-hydrogen) atoms. The molecule has 0 saturated carbocycles. The second-order valence-corrected chi connectivity index (χ2v) is 53.3. The van der Waals surface area contributed by atoms with Crippen molar-refractivity contribution in [1.29, 1.82) is 0 Å². The molecular weight excluding hydrogens is 2040 g/mol. The molecule has 0 amide bonds. The summed E-state index contributed by atoms with van der Waals surface area (Å²) in [7, 11) is -15.3. The van der Waals surface area contributed by atoms with E-state index in [1.54, 1.807) is 49.1 Å². The van der Waals surface area contributed by atoms with Gasteiger partial charge in [-0.05, 0) is 246 Å². The van der Waals surface area contributed by atoms with Crippen LogP contribution in [0.5, 0.6) is 0 Å². The summed E-state index contributed by atoms with van der Waals surface area (Å²) in [6.45, 7) is 27.5. The Morgan fingerprint density at radius 3 is 1.12 bits per heavy atom. The molecule has 1 unspecified atom stereocenters. The van der Waals surface area contributed by atoms with Gasteiger partial charge in [-0.2, -0.15) is 52.7 Å². The van der Waals surface area contributed by atoms with E-state index in [4.69, 9.17) is 21.4 Å². The third kappa shape index (κ3) is 26.7. The lowest BCUT2D eigenvalue weighted by Crippen LogP contribution is -2.51. The number of nitrogens with one attached hydrogen (secondary N) is 4. The van der Waals surface area contributed by atoms with Crippen LogP contribution in [0.1, 0.15) is 144 Å². The molecule has 14 aromatic rings. The first-order valence-electron chi connectivity index (χ1n) is 41.0. The van der Waals surface area contributed by atoms with E-state index in [1.165, 1.54) is 30.6 Å². The predicted molar refractivity (Wildman–Crippen MR) is 509 cm³/mol. The number of aromatic nitrogens is 10. The monoisotopic (exact) mass is 2130 g/mol. The Morgan fingerprint density at radius 1 is 0.430 bits per heavy atom. The average Bonchev–Trinajstić information content (AvgIpc) is 1.69. The van der Waals surface area contributed by atoms with Gasteiger partial charge in [-0.3, -0.25) is 19.0 Å². The van der Waals surface area contributed by atoms with Gasteiger partial charge < -0.3 is 24.3 Å². The fourth-order valence-corrected chi connectivity index (χ4v) is 33.6. The van der Waals surface area contributed by atoms with E-state index in [0.717, 1.165) is 121 Å². The molecule has 0 aliphatic rings. The third-order valence-electron chi connectivity index (χ3n) is 22.0. The van der Waals surface area contributed by atoms with E-state index in [9.17, 15) is 96.3 Å². The number of fused-ring (bicyclic) bond motifs is 3. The van der Waals surface area contributed by atoms with E-state index in [2.05, 4.69) is 179 Å². The highest BCUT2D eigenvalue weighted by molar-refractivity contribution is 9.10. The Hall–Kier alpha value is -11.0. The van der Waals surface area contributed by atoms with Crippen molar-refractivity contribution in [2.45, 2.75) is 173 Å². The number of hydrogen-bond donors (Lipinski definition) is 6. The molecule has 45 heteroatoms. The lowest BCUT2D eigenvalue weighted by molar-refractivity contribution is -0.138. The van der Waals surface area contributed by atoms with Gasteiger partial charge in [-0.25, -0.2) is 68.6 Å². The molecule has 0 spiro atoms. The number of pyridine rings is 7. The van der Waals surface area contributed by atoms with Crippen LogP contribution in [0.4, 0.5) is 76.0 Å². The van der Waals surface area contributed by atoms with Gasteiger partial charge in [0.05, 0.1) is 41.8 Å². The van der Waals surface area contributed by atoms with Crippen LogP contribution in [0, 0.1) is 0 Å². The summed E-state index contributed by atoms with van der Waals surface area (Å²) in [6.07, 6.45) is -0.411. The lowest BCUT2D eigenvalue weighted by Gasteiger charge is -2.44. The highest BCUT2D eigenvalue weighted by Gasteiger charge is 2.48.